The molecule has 0 aliphatic rings. The average Bonchev–Trinajstić information content (AvgIpc) is 2.90. The third-order valence-electron chi connectivity index (χ3n) is 3.59. The SMILES string of the molecule is CN(Cc1nc2sc(-c3ccccc3)cc2c(=O)[nH]1)CC(C)(C)O. The quantitative estimate of drug-likeness (QED) is 0.747. The molecule has 0 amide bonds. The van der Waals surface area contributed by atoms with Gasteiger partial charge in [0.25, 0.3) is 5.56 Å². The molecule has 2 N–H and O–H groups in total. The standard InChI is InChI=1S/C18H21N3O2S/c1-18(2,23)11-21(3)10-15-19-16(22)13-9-14(24-17(13)20-15)12-7-5-4-6-8-12/h4-9,23H,10-11H2,1-3H3,(H,19,20,22). The molecule has 2 aromatic heterocycles. The van der Waals surface area contributed by atoms with Gasteiger partial charge in [-0.3, -0.25) is 9.69 Å². The van der Waals surface area contributed by atoms with Gasteiger partial charge in [-0.2, -0.15) is 0 Å². The van der Waals surface area contributed by atoms with Crippen molar-refractivity contribution in [3.8, 4) is 10.4 Å². The number of likely N-dealkylation sites (N-methyl/N-ethyl adjacent to an activating group) is 1. The second kappa shape index (κ2) is 6.47. The first-order valence-electron chi connectivity index (χ1n) is 7.81. The van der Waals surface area contributed by atoms with Crippen LogP contribution >= 0.6 is 11.3 Å². The molecule has 3 rings (SSSR count). The Morgan fingerprint density at radius 2 is 2.00 bits per heavy atom. The minimum absolute atomic E-state index is 0.120. The number of hydrogen-bond donors (Lipinski definition) is 2. The summed E-state index contributed by atoms with van der Waals surface area (Å²) >= 11 is 1.52. The first-order chi connectivity index (χ1) is 11.3. The Bertz CT molecular complexity index is 894. The van der Waals surface area contributed by atoms with Crippen LogP contribution in [0.5, 0.6) is 0 Å². The van der Waals surface area contributed by atoms with E-state index in [1.807, 2.05) is 48.3 Å². The minimum Gasteiger partial charge on any atom is -0.389 e. The summed E-state index contributed by atoms with van der Waals surface area (Å²) in [6.45, 7) is 4.49. The topological polar surface area (TPSA) is 69.2 Å². The van der Waals surface area contributed by atoms with E-state index in [0.717, 1.165) is 15.3 Å². The molecular formula is C18H21N3O2S. The van der Waals surface area contributed by atoms with Gasteiger partial charge in [-0.1, -0.05) is 30.3 Å². The first-order valence-corrected chi connectivity index (χ1v) is 8.62. The highest BCUT2D eigenvalue weighted by Crippen LogP contribution is 2.30. The van der Waals surface area contributed by atoms with Crippen LogP contribution in [0.1, 0.15) is 19.7 Å². The first kappa shape index (κ1) is 16.8. The summed E-state index contributed by atoms with van der Waals surface area (Å²) in [5, 5.41) is 10.5. The fourth-order valence-electron chi connectivity index (χ4n) is 2.77. The molecule has 0 spiro atoms. The fraction of sp³-hybridized carbons (Fsp3) is 0.333. The van der Waals surface area contributed by atoms with Crippen molar-refractivity contribution in [2.45, 2.75) is 26.0 Å². The lowest BCUT2D eigenvalue weighted by molar-refractivity contribution is 0.0418. The van der Waals surface area contributed by atoms with Gasteiger partial charge < -0.3 is 10.1 Å². The van der Waals surface area contributed by atoms with Gasteiger partial charge in [-0.25, -0.2) is 4.98 Å². The van der Waals surface area contributed by atoms with Crippen molar-refractivity contribution < 1.29 is 5.11 Å². The summed E-state index contributed by atoms with van der Waals surface area (Å²) in [6.07, 6.45) is 0. The smallest absolute Gasteiger partial charge is 0.259 e. The zero-order chi connectivity index (χ0) is 17.3. The number of aromatic amines is 1. The number of fused-ring (bicyclic) bond motifs is 1. The maximum atomic E-state index is 12.4. The van der Waals surface area contributed by atoms with Gasteiger partial charge in [0.1, 0.15) is 10.7 Å². The lowest BCUT2D eigenvalue weighted by atomic mass is 10.1. The van der Waals surface area contributed by atoms with Crippen molar-refractivity contribution in [2.24, 2.45) is 0 Å². The Labute approximate surface area is 144 Å². The predicted octanol–water partition coefficient (Wildman–Crippen LogP) is 2.85. The van der Waals surface area contributed by atoms with Crippen molar-refractivity contribution in [1.82, 2.24) is 14.9 Å². The zero-order valence-corrected chi connectivity index (χ0v) is 14.9. The van der Waals surface area contributed by atoms with E-state index in [0.29, 0.717) is 24.3 Å². The van der Waals surface area contributed by atoms with Crippen molar-refractivity contribution in [2.75, 3.05) is 13.6 Å². The van der Waals surface area contributed by atoms with Crippen LogP contribution in [0.25, 0.3) is 20.7 Å². The van der Waals surface area contributed by atoms with Gasteiger partial charge in [0.05, 0.1) is 17.5 Å². The van der Waals surface area contributed by atoms with Gasteiger partial charge in [0, 0.05) is 11.4 Å². The van der Waals surface area contributed by atoms with E-state index in [2.05, 4.69) is 9.97 Å². The van der Waals surface area contributed by atoms with Crippen molar-refractivity contribution in [3.63, 3.8) is 0 Å². The predicted molar refractivity (Wildman–Crippen MR) is 98.3 cm³/mol. The summed E-state index contributed by atoms with van der Waals surface area (Å²) in [4.78, 5) is 23.5. The van der Waals surface area contributed by atoms with Gasteiger partial charge in [-0.15, -0.1) is 11.3 Å². The number of aromatic nitrogens is 2. The number of thiophene rings is 1. The molecule has 0 aliphatic heterocycles. The summed E-state index contributed by atoms with van der Waals surface area (Å²) in [5.74, 6) is 0.612. The van der Waals surface area contributed by atoms with Gasteiger partial charge in [-0.05, 0) is 32.5 Å². The number of nitrogens with one attached hydrogen (secondary N) is 1. The Balaban J connectivity index is 1.91. The molecule has 126 valence electrons. The van der Waals surface area contributed by atoms with Crippen molar-refractivity contribution in [3.05, 3.63) is 52.6 Å². The fourth-order valence-corrected chi connectivity index (χ4v) is 3.82. The van der Waals surface area contributed by atoms with Gasteiger partial charge in [0.2, 0.25) is 0 Å². The van der Waals surface area contributed by atoms with E-state index in [1.54, 1.807) is 13.8 Å². The van der Waals surface area contributed by atoms with Gasteiger partial charge in [0.15, 0.2) is 0 Å². The third-order valence-corrected chi connectivity index (χ3v) is 4.66. The number of benzene rings is 1. The lowest BCUT2D eigenvalue weighted by Crippen LogP contribution is -2.36. The molecule has 24 heavy (non-hydrogen) atoms. The largest absolute Gasteiger partial charge is 0.389 e. The average molecular weight is 343 g/mol. The Kier molecular flexibility index (Phi) is 4.54. The maximum absolute atomic E-state index is 12.4. The molecule has 0 fully saturated rings. The summed E-state index contributed by atoms with van der Waals surface area (Å²) in [5.41, 5.74) is 0.174. The van der Waals surface area contributed by atoms with Crippen LogP contribution < -0.4 is 5.56 Å². The van der Waals surface area contributed by atoms with E-state index in [9.17, 15) is 9.90 Å². The summed E-state index contributed by atoms with van der Waals surface area (Å²) < 4.78 is 0. The molecule has 2 heterocycles. The third kappa shape index (κ3) is 3.90. The molecule has 0 radical (unpaired) electrons. The van der Waals surface area contributed by atoms with E-state index in [-0.39, 0.29) is 5.56 Å². The molecule has 5 nitrogen and oxygen atoms in total. The second-order valence-electron chi connectivity index (χ2n) is 6.69. The van der Waals surface area contributed by atoms with E-state index in [1.165, 1.54) is 11.3 Å². The highest BCUT2D eigenvalue weighted by molar-refractivity contribution is 7.21. The van der Waals surface area contributed by atoms with Crippen LogP contribution in [0.4, 0.5) is 0 Å². The van der Waals surface area contributed by atoms with Crippen LogP contribution in [-0.4, -0.2) is 39.2 Å². The molecule has 0 unspecified atom stereocenters. The lowest BCUT2D eigenvalue weighted by Gasteiger charge is -2.24. The molecule has 0 bridgehead atoms. The Morgan fingerprint density at radius 3 is 2.67 bits per heavy atom. The number of aliphatic hydroxyl groups is 1. The summed E-state index contributed by atoms with van der Waals surface area (Å²) in [6, 6.07) is 11.9. The van der Waals surface area contributed by atoms with Crippen LogP contribution in [0.2, 0.25) is 0 Å². The number of H-pyrrole nitrogens is 1. The van der Waals surface area contributed by atoms with Crippen LogP contribution in [0.3, 0.4) is 0 Å². The molecule has 1 aromatic carbocycles. The minimum atomic E-state index is -0.789. The van der Waals surface area contributed by atoms with Crippen LogP contribution in [-0.2, 0) is 6.54 Å². The Morgan fingerprint density at radius 1 is 1.29 bits per heavy atom. The number of rotatable bonds is 5. The Hall–Kier alpha value is -2.02. The molecule has 0 saturated carbocycles. The zero-order valence-electron chi connectivity index (χ0n) is 14.0. The molecule has 3 aromatic rings. The van der Waals surface area contributed by atoms with Crippen LogP contribution in [0.15, 0.2) is 41.2 Å². The molecule has 0 aliphatic carbocycles. The maximum Gasteiger partial charge on any atom is 0.259 e. The number of nitrogens with zero attached hydrogens (tertiary/aromatic N) is 2. The summed E-state index contributed by atoms with van der Waals surface area (Å²) in [7, 11) is 1.89. The molecule has 0 atom stereocenters. The number of hydrogen-bond acceptors (Lipinski definition) is 5. The normalized spacial score (nSPS) is 12.2. The van der Waals surface area contributed by atoms with E-state index in [4.69, 9.17) is 0 Å². The van der Waals surface area contributed by atoms with Gasteiger partial charge >= 0.3 is 0 Å². The monoisotopic (exact) mass is 343 g/mol. The highest BCUT2D eigenvalue weighted by Gasteiger charge is 2.17. The van der Waals surface area contributed by atoms with Crippen LogP contribution in [0, 0.1) is 0 Å². The molecule has 0 saturated heterocycles. The van der Waals surface area contributed by atoms with E-state index >= 15 is 0 Å². The van der Waals surface area contributed by atoms with Crippen molar-refractivity contribution in [1.29, 1.82) is 0 Å². The van der Waals surface area contributed by atoms with E-state index < -0.39 is 5.60 Å². The molecular weight excluding hydrogens is 322 g/mol. The molecule has 6 heteroatoms. The highest BCUT2D eigenvalue weighted by atomic mass is 32.1. The van der Waals surface area contributed by atoms with Crippen molar-refractivity contribution >= 4 is 21.6 Å². The second-order valence-corrected chi connectivity index (χ2v) is 7.72.